The molecule has 2 saturated carbocycles. The van der Waals surface area contributed by atoms with Crippen molar-refractivity contribution in [1.29, 1.82) is 0 Å². The number of hydrogen-bond donors (Lipinski definition) is 2. The first-order chi connectivity index (χ1) is 7.77. The summed E-state index contributed by atoms with van der Waals surface area (Å²) in [5, 5.41) is 14.3. The first-order valence-electron chi connectivity index (χ1n) is 6.72. The van der Waals surface area contributed by atoms with E-state index in [0.717, 1.165) is 26.0 Å². The van der Waals surface area contributed by atoms with Gasteiger partial charge in [0.15, 0.2) is 0 Å². The molecule has 2 aliphatic rings. The molecule has 2 fully saturated rings. The summed E-state index contributed by atoms with van der Waals surface area (Å²) in [5.41, 5.74) is -0.426. The summed E-state index contributed by atoms with van der Waals surface area (Å²) in [6, 6.07) is 0.293. The average molecular weight is 227 g/mol. The predicted octanol–water partition coefficient (Wildman–Crippen LogP) is 1.70. The fourth-order valence-electron chi connectivity index (χ4n) is 3.54. The highest BCUT2D eigenvalue weighted by Crippen LogP contribution is 2.43. The number of methoxy groups -OCH3 is 1. The van der Waals surface area contributed by atoms with Crippen molar-refractivity contribution in [2.75, 3.05) is 20.3 Å². The number of fused-ring (bicyclic) bond motifs is 1. The Morgan fingerprint density at radius 1 is 1.25 bits per heavy atom. The van der Waals surface area contributed by atoms with Crippen LogP contribution in [0.5, 0.6) is 0 Å². The minimum Gasteiger partial charge on any atom is -0.388 e. The van der Waals surface area contributed by atoms with Gasteiger partial charge in [-0.15, -0.1) is 0 Å². The van der Waals surface area contributed by atoms with Crippen molar-refractivity contribution >= 4 is 0 Å². The lowest BCUT2D eigenvalue weighted by molar-refractivity contribution is -0.0991. The zero-order valence-electron chi connectivity index (χ0n) is 10.4. The molecule has 0 aliphatic heterocycles. The van der Waals surface area contributed by atoms with E-state index >= 15 is 0 Å². The molecular weight excluding hydrogens is 202 g/mol. The van der Waals surface area contributed by atoms with Gasteiger partial charge in [-0.05, 0) is 31.6 Å². The highest BCUT2D eigenvalue weighted by molar-refractivity contribution is 5.01. The third-order valence-electron chi connectivity index (χ3n) is 4.43. The Hall–Kier alpha value is -0.120. The van der Waals surface area contributed by atoms with Crippen molar-refractivity contribution in [2.45, 2.75) is 56.6 Å². The molecule has 0 saturated heterocycles. The molecule has 0 aromatic rings. The lowest BCUT2D eigenvalue weighted by Crippen LogP contribution is -2.59. The zero-order valence-corrected chi connectivity index (χ0v) is 10.4. The molecule has 0 aromatic carbocycles. The maximum atomic E-state index is 10.8. The van der Waals surface area contributed by atoms with E-state index in [2.05, 4.69) is 5.32 Å². The van der Waals surface area contributed by atoms with Crippen LogP contribution in [-0.4, -0.2) is 37.0 Å². The van der Waals surface area contributed by atoms with Crippen LogP contribution in [0.2, 0.25) is 0 Å². The van der Waals surface area contributed by atoms with Gasteiger partial charge >= 0.3 is 0 Å². The maximum absolute atomic E-state index is 10.8. The molecule has 0 amide bonds. The molecular formula is C13H25NO2. The lowest BCUT2D eigenvalue weighted by Gasteiger charge is -2.49. The maximum Gasteiger partial charge on any atom is 0.0827 e. The van der Waals surface area contributed by atoms with E-state index in [-0.39, 0.29) is 0 Å². The van der Waals surface area contributed by atoms with Gasteiger partial charge in [0.2, 0.25) is 0 Å². The van der Waals surface area contributed by atoms with Gasteiger partial charge in [-0.3, -0.25) is 0 Å². The SMILES string of the molecule is COCCNC1CCC[C@H]2CCCC[C@]12O. The van der Waals surface area contributed by atoms with Gasteiger partial charge < -0.3 is 15.2 Å². The summed E-state index contributed by atoms with van der Waals surface area (Å²) in [5.74, 6) is 0.537. The number of aliphatic hydroxyl groups is 1. The van der Waals surface area contributed by atoms with Crippen LogP contribution in [0.1, 0.15) is 44.9 Å². The topological polar surface area (TPSA) is 41.5 Å². The van der Waals surface area contributed by atoms with Crippen LogP contribution < -0.4 is 5.32 Å². The first kappa shape index (κ1) is 12.3. The van der Waals surface area contributed by atoms with E-state index in [1.807, 2.05) is 0 Å². The zero-order chi connectivity index (χ0) is 11.4. The van der Waals surface area contributed by atoms with E-state index in [1.165, 1.54) is 32.1 Å². The molecule has 3 atom stereocenters. The molecule has 0 heterocycles. The predicted molar refractivity (Wildman–Crippen MR) is 64.4 cm³/mol. The van der Waals surface area contributed by atoms with Gasteiger partial charge in [-0.2, -0.15) is 0 Å². The van der Waals surface area contributed by atoms with Crippen molar-refractivity contribution < 1.29 is 9.84 Å². The van der Waals surface area contributed by atoms with Gasteiger partial charge in [0.1, 0.15) is 0 Å². The summed E-state index contributed by atoms with van der Waals surface area (Å²) >= 11 is 0. The van der Waals surface area contributed by atoms with Crippen LogP contribution in [0.15, 0.2) is 0 Å². The van der Waals surface area contributed by atoms with Crippen molar-refractivity contribution in [1.82, 2.24) is 5.32 Å². The van der Waals surface area contributed by atoms with Gasteiger partial charge in [0.25, 0.3) is 0 Å². The second kappa shape index (κ2) is 5.48. The number of nitrogens with one attached hydrogen (secondary N) is 1. The Morgan fingerprint density at radius 2 is 2.06 bits per heavy atom. The largest absolute Gasteiger partial charge is 0.388 e. The van der Waals surface area contributed by atoms with E-state index < -0.39 is 5.60 Å². The molecule has 0 radical (unpaired) electrons. The fourth-order valence-corrected chi connectivity index (χ4v) is 3.54. The van der Waals surface area contributed by atoms with E-state index in [9.17, 15) is 5.11 Å². The Bertz CT molecular complexity index is 220. The standard InChI is InChI=1S/C13H25NO2/c1-16-10-9-14-12-7-4-6-11-5-2-3-8-13(11,12)15/h11-12,14-15H,2-10H2,1H3/t11-,12?,13-/m1/s1. The van der Waals surface area contributed by atoms with Gasteiger partial charge in [-0.25, -0.2) is 0 Å². The van der Waals surface area contributed by atoms with Crippen LogP contribution in [0.3, 0.4) is 0 Å². The van der Waals surface area contributed by atoms with Crippen LogP contribution in [-0.2, 0) is 4.74 Å². The Balaban J connectivity index is 1.94. The number of ether oxygens (including phenoxy) is 1. The van der Waals surface area contributed by atoms with Gasteiger partial charge in [0.05, 0.1) is 12.2 Å². The quantitative estimate of drug-likeness (QED) is 0.718. The van der Waals surface area contributed by atoms with Crippen molar-refractivity contribution in [2.24, 2.45) is 5.92 Å². The summed E-state index contributed by atoms with van der Waals surface area (Å²) in [4.78, 5) is 0. The minimum atomic E-state index is -0.426. The first-order valence-corrected chi connectivity index (χ1v) is 6.72. The molecule has 1 unspecified atom stereocenters. The van der Waals surface area contributed by atoms with Crippen LogP contribution in [0, 0.1) is 5.92 Å². The summed E-state index contributed by atoms with van der Waals surface area (Å²) in [7, 11) is 1.72. The molecule has 2 rings (SSSR count). The monoisotopic (exact) mass is 227 g/mol. The summed E-state index contributed by atoms with van der Waals surface area (Å²) < 4.78 is 5.06. The number of hydrogen-bond acceptors (Lipinski definition) is 3. The van der Waals surface area contributed by atoms with Crippen LogP contribution >= 0.6 is 0 Å². The van der Waals surface area contributed by atoms with E-state index in [0.29, 0.717) is 12.0 Å². The molecule has 94 valence electrons. The van der Waals surface area contributed by atoms with Crippen molar-refractivity contribution in [3.63, 3.8) is 0 Å². The lowest BCUT2D eigenvalue weighted by atomic mass is 9.65. The normalized spacial score (nSPS) is 39.4. The second-order valence-corrected chi connectivity index (χ2v) is 5.36. The summed E-state index contributed by atoms with van der Waals surface area (Å²) in [6.07, 6.45) is 8.31. The molecule has 0 aromatic heterocycles. The third kappa shape index (κ3) is 2.41. The number of rotatable bonds is 4. The highest BCUT2D eigenvalue weighted by Gasteiger charge is 2.46. The minimum absolute atomic E-state index is 0.293. The molecule has 16 heavy (non-hydrogen) atoms. The van der Waals surface area contributed by atoms with Gasteiger partial charge in [-0.1, -0.05) is 19.3 Å². The Kier molecular flexibility index (Phi) is 4.22. The average Bonchev–Trinajstić information content (AvgIpc) is 2.30. The molecule has 3 heteroatoms. The molecule has 3 nitrogen and oxygen atoms in total. The van der Waals surface area contributed by atoms with Crippen molar-refractivity contribution in [3.8, 4) is 0 Å². The van der Waals surface area contributed by atoms with E-state index in [1.54, 1.807) is 7.11 Å². The Morgan fingerprint density at radius 3 is 2.88 bits per heavy atom. The van der Waals surface area contributed by atoms with E-state index in [4.69, 9.17) is 4.74 Å². The summed E-state index contributed by atoms with van der Waals surface area (Å²) in [6.45, 7) is 1.59. The molecule has 2 aliphatic carbocycles. The van der Waals surface area contributed by atoms with Crippen molar-refractivity contribution in [3.05, 3.63) is 0 Å². The Labute approximate surface area is 98.6 Å². The van der Waals surface area contributed by atoms with Crippen LogP contribution in [0.4, 0.5) is 0 Å². The second-order valence-electron chi connectivity index (χ2n) is 5.36. The third-order valence-corrected chi connectivity index (χ3v) is 4.43. The molecule has 0 bridgehead atoms. The molecule has 0 spiro atoms. The molecule has 2 N–H and O–H groups in total. The van der Waals surface area contributed by atoms with Gasteiger partial charge in [0, 0.05) is 19.7 Å². The highest BCUT2D eigenvalue weighted by atomic mass is 16.5. The van der Waals surface area contributed by atoms with Crippen LogP contribution in [0.25, 0.3) is 0 Å². The fraction of sp³-hybridized carbons (Fsp3) is 1.00. The smallest absolute Gasteiger partial charge is 0.0827 e.